The van der Waals surface area contributed by atoms with Crippen LogP contribution in [0.5, 0.6) is 5.75 Å². The smallest absolute Gasteiger partial charge is 0.416 e. The van der Waals surface area contributed by atoms with E-state index < -0.39 is 11.7 Å². The third-order valence-corrected chi connectivity index (χ3v) is 2.76. The van der Waals surface area contributed by atoms with Gasteiger partial charge in [0.15, 0.2) is 0 Å². The molecule has 100 valence electrons. The Morgan fingerprint density at radius 1 is 1.05 bits per heavy atom. The highest BCUT2D eigenvalue weighted by Gasteiger charge is 2.30. The van der Waals surface area contributed by atoms with Gasteiger partial charge in [-0.05, 0) is 29.8 Å². The minimum Gasteiger partial charge on any atom is -0.497 e. The van der Waals surface area contributed by atoms with Crippen LogP contribution in [0.3, 0.4) is 0 Å². The van der Waals surface area contributed by atoms with E-state index in [1.54, 1.807) is 24.3 Å². The number of hydrogen-bond acceptors (Lipinski definition) is 2. The molecule has 0 aliphatic carbocycles. The molecule has 0 spiro atoms. The number of nitrogens with two attached hydrogens (primary N) is 1. The van der Waals surface area contributed by atoms with Crippen molar-refractivity contribution in [1.82, 2.24) is 0 Å². The van der Waals surface area contributed by atoms with Crippen molar-refractivity contribution < 1.29 is 17.9 Å². The van der Waals surface area contributed by atoms with Gasteiger partial charge in [-0.25, -0.2) is 0 Å². The van der Waals surface area contributed by atoms with Crippen LogP contribution in [0.1, 0.15) is 5.56 Å². The number of halogens is 3. The van der Waals surface area contributed by atoms with Gasteiger partial charge in [-0.15, -0.1) is 0 Å². The lowest BCUT2D eigenvalue weighted by Gasteiger charge is -2.11. The molecule has 0 bridgehead atoms. The predicted octanol–water partition coefficient (Wildman–Crippen LogP) is 3.96. The maximum Gasteiger partial charge on any atom is 0.416 e. The van der Waals surface area contributed by atoms with Crippen LogP contribution in [0.4, 0.5) is 18.9 Å². The first-order chi connectivity index (χ1) is 8.91. The highest BCUT2D eigenvalue weighted by atomic mass is 19.4. The van der Waals surface area contributed by atoms with Crippen LogP contribution in [0.2, 0.25) is 0 Å². The Bertz CT molecular complexity index is 593. The Balaban J connectivity index is 2.48. The van der Waals surface area contributed by atoms with Crippen LogP contribution in [-0.4, -0.2) is 7.11 Å². The molecule has 19 heavy (non-hydrogen) atoms. The Labute approximate surface area is 108 Å². The first kappa shape index (κ1) is 13.3. The van der Waals surface area contributed by atoms with Gasteiger partial charge in [0.25, 0.3) is 0 Å². The number of benzene rings is 2. The molecular weight excluding hydrogens is 255 g/mol. The van der Waals surface area contributed by atoms with Crippen LogP contribution in [0, 0.1) is 0 Å². The van der Waals surface area contributed by atoms with Gasteiger partial charge >= 0.3 is 6.18 Å². The summed E-state index contributed by atoms with van der Waals surface area (Å²) in [7, 11) is 1.50. The first-order valence-electron chi connectivity index (χ1n) is 5.53. The Morgan fingerprint density at radius 2 is 1.79 bits per heavy atom. The fraction of sp³-hybridized carbons (Fsp3) is 0.143. The van der Waals surface area contributed by atoms with Crippen LogP contribution >= 0.6 is 0 Å². The van der Waals surface area contributed by atoms with E-state index in [4.69, 9.17) is 10.5 Å². The summed E-state index contributed by atoms with van der Waals surface area (Å²) < 4.78 is 43.0. The SMILES string of the molecule is COc1ccc(-c2cccc(C(F)(F)F)c2)c(N)c1. The molecule has 0 saturated heterocycles. The molecule has 0 aliphatic rings. The van der Waals surface area contributed by atoms with Crippen molar-refractivity contribution in [1.29, 1.82) is 0 Å². The molecule has 2 N–H and O–H groups in total. The molecule has 0 heterocycles. The van der Waals surface area contributed by atoms with Crippen molar-refractivity contribution in [3.63, 3.8) is 0 Å². The highest BCUT2D eigenvalue weighted by molar-refractivity contribution is 5.77. The van der Waals surface area contributed by atoms with Gasteiger partial charge in [-0.1, -0.05) is 12.1 Å². The van der Waals surface area contributed by atoms with E-state index in [0.717, 1.165) is 12.1 Å². The lowest BCUT2D eigenvalue weighted by Crippen LogP contribution is -2.04. The zero-order valence-corrected chi connectivity index (χ0v) is 10.2. The first-order valence-corrected chi connectivity index (χ1v) is 5.53. The molecule has 0 fully saturated rings. The summed E-state index contributed by atoms with van der Waals surface area (Å²) in [6.45, 7) is 0. The summed E-state index contributed by atoms with van der Waals surface area (Å²) in [5, 5.41) is 0. The minimum atomic E-state index is -4.36. The Kier molecular flexibility index (Phi) is 3.38. The second-order valence-corrected chi connectivity index (χ2v) is 4.03. The maximum atomic E-state index is 12.7. The molecule has 0 unspecified atom stereocenters. The molecule has 2 aromatic carbocycles. The fourth-order valence-corrected chi connectivity index (χ4v) is 1.79. The lowest BCUT2D eigenvalue weighted by atomic mass is 10.0. The summed E-state index contributed by atoms with van der Waals surface area (Å²) in [6, 6.07) is 9.95. The third-order valence-electron chi connectivity index (χ3n) is 2.76. The second kappa shape index (κ2) is 4.84. The zero-order valence-electron chi connectivity index (χ0n) is 10.2. The number of alkyl halides is 3. The van der Waals surface area contributed by atoms with Crippen molar-refractivity contribution in [2.45, 2.75) is 6.18 Å². The van der Waals surface area contributed by atoms with Crippen molar-refractivity contribution in [2.75, 3.05) is 12.8 Å². The molecule has 2 rings (SSSR count). The van der Waals surface area contributed by atoms with Gasteiger partial charge in [0.05, 0.1) is 12.7 Å². The molecule has 2 aromatic rings. The van der Waals surface area contributed by atoms with Gasteiger partial charge in [0.2, 0.25) is 0 Å². The van der Waals surface area contributed by atoms with Crippen LogP contribution in [0.25, 0.3) is 11.1 Å². The average molecular weight is 267 g/mol. The molecule has 0 radical (unpaired) electrons. The second-order valence-electron chi connectivity index (χ2n) is 4.03. The largest absolute Gasteiger partial charge is 0.497 e. The number of ether oxygens (including phenoxy) is 1. The van der Waals surface area contributed by atoms with E-state index in [1.165, 1.54) is 13.2 Å². The predicted molar refractivity (Wildman–Crippen MR) is 67.8 cm³/mol. The third kappa shape index (κ3) is 2.81. The van der Waals surface area contributed by atoms with Gasteiger partial charge in [0, 0.05) is 17.3 Å². The summed E-state index contributed by atoms with van der Waals surface area (Å²) in [6.07, 6.45) is -4.36. The van der Waals surface area contributed by atoms with E-state index in [-0.39, 0.29) is 0 Å². The van der Waals surface area contributed by atoms with Gasteiger partial charge in [-0.2, -0.15) is 13.2 Å². The molecule has 0 aliphatic heterocycles. The lowest BCUT2D eigenvalue weighted by molar-refractivity contribution is -0.137. The van der Waals surface area contributed by atoms with E-state index in [2.05, 4.69) is 0 Å². The van der Waals surface area contributed by atoms with E-state index >= 15 is 0 Å². The number of anilines is 1. The normalized spacial score (nSPS) is 11.4. The summed E-state index contributed by atoms with van der Waals surface area (Å²) in [4.78, 5) is 0. The van der Waals surface area contributed by atoms with Crippen LogP contribution < -0.4 is 10.5 Å². The molecule has 2 nitrogen and oxygen atoms in total. The van der Waals surface area contributed by atoms with Gasteiger partial charge in [-0.3, -0.25) is 0 Å². The number of rotatable bonds is 2. The molecule has 0 saturated carbocycles. The molecule has 0 amide bonds. The summed E-state index contributed by atoms with van der Waals surface area (Å²) in [5.41, 5.74) is 6.48. The van der Waals surface area contributed by atoms with Gasteiger partial charge in [0.1, 0.15) is 5.75 Å². The average Bonchev–Trinajstić information content (AvgIpc) is 2.37. The van der Waals surface area contributed by atoms with Crippen molar-refractivity contribution in [3.8, 4) is 16.9 Å². The topological polar surface area (TPSA) is 35.2 Å². The quantitative estimate of drug-likeness (QED) is 0.836. The van der Waals surface area contributed by atoms with Crippen LogP contribution in [-0.2, 0) is 6.18 Å². The highest BCUT2D eigenvalue weighted by Crippen LogP contribution is 2.34. The van der Waals surface area contributed by atoms with Crippen molar-refractivity contribution >= 4 is 5.69 Å². The number of methoxy groups -OCH3 is 1. The Hall–Kier alpha value is -2.17. The maximum absolute atomic E-state index is 12.7. The Morgan fingerprint density at radius 3 is 2.37 bits per heavy atom. The monoisotopic (exact) mass is 267 g/mol. The number of hydrogen-bond donors (Lipinski definition) is 1. The molecule has 0 atom stereocenters. The summed E-state index contributed by atoms with van der Waals surface area (Å²) in [5.74, 6) is 0.563. The van der Waals surface area contributed by atoms with E-state index in [0.29, 0.717) is 22.6 Å². The molecule has 0 aromatic heterocycles. The van der Waals surface area contributed by atoms with Crippen LogP contribution in [0.15, 0.2) is 42.5 Å². The van der Waals surface area contributed by atoms with Crippen molar-refractivity contribution in [2.24, 2.45) is 0 Å². The standard InChI is InChI=1S/C14H12F3NO/c1-19-11-5-6-12(13(18)8-11)9-3-2-4-10(7-9)14(15,16)17/h2-8H,18H2,1H3. The fourth-order valence-electron chi connectivity index (χ4n) is 1.79. The van der Waals surface area contributed by atoms with Gasteiger partial charge < -0.3 is 10.5 Å². The number of nitrogen functional groups attached to an aromatic ring is 1. The molecular formula is C14H12F3NO. The van der Waals surface area contributed by atoms with E-state index in [9.17, 15) is 13.2 Å². The van der Waals surface area contributed by atoms with E-state index in [1.807, 2.05) is 0 Å². The minimum absolute atomic E-state index is 0.374. The zero-order chi connectivity index (χ0) is 14.0. The van der Waals surface area contributed by atoms with Crippen molar-refractivity contribution in [3.05, 3.63) is 48.0 Å². The molecule has 5 heteroatoms. The summed E-state index contributed by atoms with van der Waals surface area (Å²) >= 11 is 0.